The molecule has 6 nitrogen and oxygen atoms in total. The molecule has 0 aliphatic heterocycles. The van der Waals surface area contributed by atoms with Gasteiger partial charge >= 0.3 is 17.9 Å². The number of ether oxygens (including phenoxy) is 3. The highest BCUT2D eigenvalue weighted by Crippen LogP contribution is 2.13. The van der Waals surface area contributed by atoms with Crippen LogP contribution in [0.1, 0.15) is 239 Å². The predicted octanol–water partition coefficient (Wildman–Crippen LogP) is 21.7. The third-order valence-electron chi connectivity index (χ3n) is 12.4. The number of hydrogen-bond acceptors (Lipinski definition) is 6. The van der Waals surface area contributed by atoms with Gasteiger partial charge in [0.2, 0.25) is 0 Å². The van der Waals surface area contributed by atoms with Crippen LogP contribution in [0.2, 0.25) is 0 Å². The fourth-order valence-electron chi connectivity index (χ4n) is 7.76. The van der Waals surface area contributed by atoms with Crippen LogP contribution in [0.5, 0.6) is 0 Å². The third kappa shape index (κ3) is 63.2. The van der Waals surface area contributed by atoms with Crippen LogP contribution in [0.15, 0.2) is 182 Å². The van der Waals surface area contributed by atoms with E-state index in [0.29, 0.717) is 12.8 Å². The predicted molar refractivity (Wildman–Crippen MR) is 343 cm³/mol. The first-order valence-corrected chi connectivity index (χ1v) is 31.3. The van der Waals surface area contributed by atoms with E-state index in [-0.39, 0.29) is 44.0 Å². The highest BCUT2D eigenvalue weighted by atomic mass is 16.6. The van der Waals surface area contributed by atoms with E-state index in [9.17, 15) is 14.4 Å². The molecule has 0 spiro atoms. The average Bonchev–Trinajstić information content (AvgIpc) is 3.45. The van der Waals surface area contributed by atoms with Crippen molar-refractivity contribution in [2.45, 2.75) is 245 Å². The lowest BCUT2D eigenvalue weighted by molar-refractivity contribution is -0.167. The van der Waals surface area contributed by atoms with E-state index in [1.807, 2.05) is 0 Å². The first-order valence-electron chi connectivity index (χ1n) is 31.3. The molecule has 79 heavy (non-hydrogen) atoms. The lowest BCUT2D eigenvalue weighted by Crippen LogP contribution is -2.30. The molecular formula is C73H112O6. The zero-order valence-corrected chi connectivity index (χ0v) is 50.3. The van der Waals surface area contributed by atoms with E-state index >= 15 is 0 Å². The van der Waals surface area contributed by atoms with E-state index in [0.717, 1.165) is 186 Å². The van der Waals surface area contributed by atoms with Crippen LogP contribution in [0, 0.1) is 0 Å². The first kappa shape index (κ1) is 73.5. The van der Waals surface area contributed by atoms with Crippen molar-refractivity contribution in [2.75, 3.05) is 13.2 Å². The monoisotopic (exact) mass is 1080 g/mol. The molecule has 0 radical (unpaired) electrons. The van der Waals surface area contributed by atoms with Crippen LogP contribution in [-0.4, -0.2) is 37.2 Å². The minimum absolute atomic E-state index is 0.115. The van der Waals surface area contributed by atoms with Crippen molar-refractivity contribution in [1.82, 2.24) is 0 Å². The van der Waals surface area contributed by atoms with Gasteiger partial charge in [0, 0.05) is 19.3 Å². The average molecular weight is 1090 g/mol. The molecule has 0 saturated heterocycles. The van der Waals surface area contributed by atoms with E-state index in [4.69, 9.17) is 14.2 Å². The molecule has 6 heteroatoms. The summed E-state index contributed by atoms with van der Waals surface area (Å²) in [5.74, 6) is -1.00. The molecule has 1 atom stereocenters. The fourth-order valence-corrected chi connectivity index (χ4v) is 7.76. The van der Waals surface area contributed by atoms with Crippen molar-refractivity contribution in [2.24, 2.45) is 0 Å². The quantitative estimate of drug-likeness (QED) is 0.0261. The van der Waals surface area contributed by atoms with Crippen LogP contribution in [0.25, 0.3) is 0 Å². The number of carbonyl (C=O) groups is 3. The molecule has 0 heterocycles. The van der Waals surface area contributed by atoms with Crippen molar-refractivity contribution >= 4 is 17.9 Å². The molecule has 0 aromatic heterocycles. The summed E-state index contributed by atoms with van der Waals surface area (Å²) in [6.45, 7) is 6.27. The lowest BCUT2D eigenvalue weighted by Gasteiger charge is -2.18. The van der Waals surface area contributed by atoms with Crippen LogP contribution in [0.3, 0.4) is 0 Å². The van der Waals surface area contributed by atoms with E-state index in [2.05, 4.69) is 203 Å². The normalized spacial score (nSPS) is 13.4. The van der Waals surface area contributed by atoms with Crippen molar-refractivity contribution in [3.05, 3.63) is 182 Å². The number of allylic oxidation sites excluding steroid dienone is 30. The molecule has 0 fully saturated rings. The molecule has 0 aromatic carbocycles. The molecule has 0 aliphatic carbocycles. The molecule has 0 rings (SSSR count). The van der Waals surface area contributed by atoms with Gasteiger partial charge in [-0.2, -0.15) is 0 Å². The van der Waals surface area contributed by atoms with Crippen molar-refractivity contribution in [3.63, 3.8) is 0 Å². The molecule has 1 unspecified atom stereocenters. The number of carbonyl (C=O) groups excluding carboxylic acids is 3. The summed E-state index contributed by atoms with van der Waals surface area (Å²) in [5, 5.41) is 0. The van der Waals surface area contributed by atoms with E-state index < -0.39 is 6.10 Å². The van der Waals surface area contributed by atoms with Gasteiger partial charge in [0.05, 0.1) is 0 Å². The van der Waals surface area contributed by atoms with Gasteiger partial charge in [-0.05, 0) is 154 Å². The maximum atomic E-state index is 12.9. The zero-order chi connectivity index (χ0) is 57.1. The van der Waals surface area contributed by atoms with Crippen LogP contribution in [-0.2, 0) is 28.6 Å². The molecule has 440 valence electrons. The van der Waals surface area contributed by atoms with Gasteiger partial charge in [-0.15, -0.1) is 0 Å². The van der Waals surface area contributed by atoms with E-state index in [1.54, 1.807) is 0 Å². The molecular weight excluding hydrogens is 973 g/mol. The number of esters is 3. The Morgan fingerprint density at radius 3 is 0.797 bits per heavy atom. The van der Waals surface area contributed by atoms with Gasteiger partial charge in [-0.25, -0.2) is 0 Å². The minimum Gasteiger partial charge on any atom is -0.462 e. The summed E-state index contributed by atoms with van der Waals surface area (Å²) in [4.78, 5) is 38.2. The van der Waals surface area contributed by atoms with Crippen LogP contribution in [0.4, 0.5) is 0 Å². The van der Waals surface area contributed by atoms with Gasteiger partial charge in [0.25, 0.3) is 0 Å². The molecule has 0 N–H and O–H groups in total. The summed E-state index contributed by atoms with van der Waals surface area (Å²) < 4.78 is 16.8. The molecule has 0 aliphatic rings. The highest BCUT2D eigenvalue weighted by Gasteiger charge is 2.19. The van der Waals surface area contributed by atoms with Gasteiger partial charge in [0.15, 0.2) is 6.10 Å². The van der Waals surface area contributed by atoms with Gasteiger partial charge in [-0.1, -0.05) is 248 Å². The highest BCUT2D eigenvalue weighted by molar-refractivity contribution is 5.71. The van der Waals surface area contributed by atoms with Crippen molar-refractivity contribution in [3.8, 4) is 0 Å². The number of unbranched alkanes of at least 4 members (excludes halogenated alkanes) is 13. The Morgan fingerprint density at radius 1 is 0.266 bits per heavy atom. The zero-order valence-electron chi connectivity index (χ0n) is 50.3. The van der Waals surface area contributed by atoms with Crippen LogP contribution < -0.4 is 0 Å². The van der Waals surface area contributed by atoms with Crippen molar-refractivity contribution < 1.29 is 28.6 Å². The molecule has 0 saturated carbocycles. The van der Waals surface area contributed by atoms with Crippen molar-refractivity contribution in [1.29, 1.82) is 0 Å². The van der Waals surface area contributed by atoms with Gasteiger partial charge in [0.1, 0.15) is 13.2 Å². The first-order chi connectivity index (χ1) is 39.0. The fraction of sp³-hybridized carbons (Fsp3) is 0.548. The Kier molecular flexibility index (Phi) is 60.5. The SMILES string of the molecule is CC/C=C\C/C=C\C/C=C\C/C=C\C/C=C\C/C=C\C/C=C\C/C=C\C/C=C\C/C=C\CCCCC(=O)OCC(COC(=O)CCCCCCC/C=C\C/C=C\CCC)OC(=O)CCCCCCC/C=C\C/C=C\C/C=C\CC. The number of hydrogen-bond donors (Lipinski definition) is 0. The van der Waals surface area contributed by atoms with Gasteiger partial charge in [-0.3, -0.25) is 14.4 Å². The Labute approximate surface area is 484 Å². The molecule has 0 aromatic rings. The Bertz CT molecular complexity index is 1870. The van der Waals surface area contributed by atoms with E-state index in [1.165, 1.54) is 6.42 Å². The topological polar surface area (TPSA) is 78.9 Å². The van der Waals surface area contributed by atoms with Crippen LogP contribution >= 0.6 is 0 Å². The summed E-state index contributed by atoms with van der Waals surface area (Å²) in [7, 11) is 0. The largest absolute Gasteiger partial charge is 0.462 e. The maximum absolute atomic E-state index is 12.9. The maximum Gasteiger partial charge on any atom is 0.306 e. The Morgan fingerprint density at radius 2 is 0.494 bits per heavy atom. The Balaban J connectivity index is 4.42. The lowest BCUT2D eigenvalue weighted by atomic mass is 10.1. The molecule has 0 bridgehead atoms. The minimum atomic E-state index is -0.821. The second-order valence-electron chi connectivity index (χ2n) is 19.8. The number of rotatable bonds is 54. The second-order valence-corrected chi connectivity index (χ2v) is 19.8. The summed E-state index contributed by atoms with van der Waals surface area (Å²) in [6.07, 6.45) is 97.6. The smallest absolute Gasteiger partial charge is 0.306 e. The standard InChI is InChI=1S/C73H112O6/c1-4-7-10-13-16-19-22-25-27-28-29-30-31-32-33-34-35-36-37-38-39-40-41-42-43-44-46-48-51-54-57-60-63-66-72(75)78-69-70(68-77-71(74)65-62-59-56-53-50-47-24-21-18-15-12-9-6-3)79-73(76)67-64-61-58-55-52-49-45-26-23-20-17-14-11-8-5-2/h7-8,10-12,15-17,19-21,24-27,29-30,32-33,35-36,38-39,41-42,44-46,51,54,70H,4-6,9,13-14,18,22-23,28,31,34,37,40,43,47-50,52-53,55-69H2,1-3H3/b10-7-,11-8-,15-12-,19-16-,20-17-,24-21-,27-25-,30-29-,33-32-,36-35-,39-38-,42-41-,45-26-,46-44-,54-51-. The summed E-state index contributed by atoms with van der Waals surface area (Å²) >= 11 is 0. The summed E-state index contributed by atoms with van der Waals surface area (Å²) in [5.41, 5.74) is 0. The summed E-state index contributed by atoms with van der Waals surface area (Å²) in [6, 6.07) is 0. The van der Waals surface area contributed by atoms with Gasteiger partial charge < -0.3 is 14.2 Å². The third-order valence-corrected chi connectivity index (χ3v) is 12.4. The molecule has 0 amide bonds. The second kappa shape index (κ2) is 65.0. The Hall–Kier alpha value is -5.49.